The van der Waals surface area contributed by atoms with Crippen LogP contribution in [0.4, 0.5) is 5.82 Å². The summed E-state index contributed by atoms with van der Waals surface area (Å²) in [7, 11) is 1.95. The number of rotatable bonds is 3. The second kappa shape index (κ2) is 5.13. The molecule has 0 N–H and O–H groups in total. The molecule has 15 heavy (non-hydrogen) atoms. The number of anilines is 1. The van der Waals surface area contributed by atoms with E-state index in [-0.39, 0.29) is 6.04 Å². The summed E-state index contributed by atoms with van der Waals surface area (Å²) in [6.07, 6.45) is 2.33. The highest BCUT2D eigenvalue weighted by Gasteiger charge is 2.13. The summed E-state index contributed by atoms with van der Waals surface area (Å²) in [4.78, 5) is 6.36. The lowest BCUT2D eigenvalue weighted by atomic mass is 10.2. The van der Waals surface area contributed by atoms with Gasteiger partial charge in [0.25, 0.3) is 0 Å². The molecule has 0 aliphatic rings. The topological polar surface area (TPSA) is 39.9 Å². The zero-order valence-corrected chi connectivity index (χ0v) is 10.7. The van der Waals surface area contributed by atoms with Crippen LogP contribution in [-0.4, -0.2) is 18.1 Å². The molecule has 1 aromatic rings. The second-order valence-electron chi connectivity index (χ2n) is 3.64. The average Bonchev–Trinajstić information content (AvgIpc) is 2.17. The molecule has 1 rings (SSSR count). The van der Waals surface area contributed by atoms with Gasteiger partial charge in [-0.15, -0.1) is 0 Å². The van der Waals surface area contributed by atoms with Crippen LogP contribution in [0.3, 0.4) is 0 Å². The molecule has 0 bridgehead atoms. The van der Waals surface area contributed by atoms with Crippen LogP contribution < -0.4 is 4.90 Å². The molecule has 0 amide bonds. The van der Waals surface area contributed by atoms with E-state index in [1.54, 1.807) is 0 Å². The van der Waals surface area contributed by atoms with Crippen molar-refractivity contribution in [1.29, 1.82) is 5.26 Å². The number of nitrogens with zero attached hydrogens (tertiary/aromatic N) is 3. The van der Waals surface area contributed by atoms with E-state index in [2.05, 4.69) is 27.0 Å². The highest BCUT2D eigenvalue weighted by Crippen LogP contribution is 2.25. The number of halogens is 1. The van der Waals surface area contributed by atoms with Gasteiger partial charge in [-0.1, -0.05) is 0 Å². The van der Waals surface area contributed by atoms with Crippen LogP contribution in [0.15, 0.2) is 16.7 Å². The smallest absolute Gasteiger partial charge is 0.142 e. The molecule has 0 fully saturated rings. The maximum Gasteiger partial charge on any atom is 0.142 e. The normalized spacial score (nSPS) is 11.9. The van der Waals surface area contributed by atoms with Crippen LogP contribution >= 0.6 is 15.9 Å². The van der Waals surface area contributed by atoms with E-state index >= 15 is 0 Å². The maximum atomic E-state index is 8.64. The minimum atomic E-state index is 0.168. The molecule has 0 saturated heterocycles. The second-order valence-corrected chi connectivity index (χ2v) is 4.49. The molecule has 3 nitrogen and oxygen atoms in total. The number of pyridine rings is 1. The van der Waals surface area contributed by atoms with Gasteiger partial charge in [0.1, 0.15) is 5.82 Å². The molecule has 0 aliphatic heterocycles. The minimum absolute atomic E-state index is 0.168. The molecular formula is C11H14BrN3. The Labute approximate surface area is 98.9 Å². The fourth-order valence-corrected chi connectivity index (χ4v) is 2.01. The fourth-order valence-electron chi connectivity index (χ4n) is 1.26. The highest BCUT2D eigenvalue weighted by molar-refractivity contribution is 9.10. The fraction of sp³-hybridized carbons (Fsp3) is 0.455. The van der Waals surface area contributed by atoms with Crippen LogP contribution in [0.2, 0.25) is 0 Å². The monoisotopic (exact) mass is 267 g/mol. The van der Waals surface area contributed by atoms with Crippen molar-refractivity contribution in [2.24, 2.45) is 0 Å². The Morgan fingerprint density at radius 2 is 2.33 bits per heavy atom. The summed E-state index contributed by atoms with van der Waals surface area (Å²) in [6, 6.07) is 4.36. The Hall–Kier alpha value is -1.08. The third kappa shape index (κ3) is 2.93. The van der Waals surface area contributed by atoms with Crippen LogP contribution in [0.1, 0.15) is 18.9 Å². The molecule has 0 spiro atoms. The molecule has 1 heterocycles. The number of nitriles is 1. The number of hydrogen-bond acceptors (Lipinski definition) is 3. The van der Waals surface area contributed by atoms with Gasteiger partial charge in [-0.25, -0.2) is 4.98 Å². The summed E-state index contributed by atoms with van der Waals surface area (Å²) in [6.45, 7) is 4.01. The molecule has 0 saturated carbocycles. The summed E-state index contributed by atoms with van der Waals surface area (Å²) < 4.78 is 0.967. The first-order valence-electron chi connectivity index (χ1n) is 4.78. The van der Waals surface area contributed by atoms with E-state index in [0.29, 0.717) is 6.42 Å². The van der Waals surface area contributed by atoms with Crippen LogP contribution in [0, 0.1) is 18.3 Å². The Bertz CT molecular complexity index is 384. The van der Waals surface area contributed by atoms with Gasteiger partial charge in [-0.3, -0.25) is 0 Å². The molecule has 1 aromatic heterocycles. The number of hydrogen-bond donors (Lipinski definition) is 0. The third-order valence-electron chi connectivity index (χ3n) is 2.34. The largest absolute Gasteiger partial charge is 0.355 e. The van der Waals surface area contributed by atoms with Crippen molar-refractivity contribution in [3.05, 3.63) is 22.3 Å². The summed E-state index contributed by atoms with van der Waals surface area (Å²) >= 11 is 3.48. The molecule has 4 heteroatoms. The number of aryl methyl sites for hydroxylation is 1. The zero-order chi connectivity index (χ0) is 11.4. The van der Waals surface area contributed by atoms with Crippen LogP contribution in [0.25, 0.3) is 0 Å². The quantitative estimate of drug-likeness (QED) is 0.846. The van der Waals surface area contributed by atoms with Gasteiger partial charge >= 0.3 is 0 Å². The van der Waals surface area contributed by atoms with E-state index in [9.17, 15) is 0 Å². The van der Waals surface area contributed by atoms with Crippen molar-refractivity contribution in [3.63, 3.8) is 0 Å². The predicted molar refractivity (Wildman–Crippen MR) is 64.8 cm³/mol. The Balaban J connectivity index is 2.91. The first-order valence-corrected chi connectivity index (χ1v) is 5.57. The van der Waals surface area contributed by atoms with Crippen LogP contribution in [-0.2, 0) is 0 Å². The van der Waals surface area contributed by atoms with E-state index < -0.39 is 0 Å². The van der Waals surface area contributed by atoms with Gasteiger partial charge in [0, 0.05) is 19.3 Å². The van der Waals surface area contributed by atoms with Crippen molar-refractivity contribution >= 4 is 21.7 Å². The van der Waals surface area contributed by atoms with Gasteiger partial charge in [0.05, 0.1) is 17.0 Å². The van der Waals surface area contributed by atoms with Gasteiger partial charge in [0.15, 0.2) is 0 Å². The lowest BCUT2D eigenvalue weighted by Gasteiger charge is -2.25. The third-order valence-corrected chi connectivity index (χ3v) is 2.92. The summed E-state index contributed by atoms with van der Waals surface area (Å²) in [5, 5.41) is 8.64. The van der Waals surface area contributed by atoms with Crippen molar-refractivity contribution < 1.29 is 0 Å². The highest BCUT2D eigenvalue weighted by atomic mass is 79.9. The molecule has 1 atom stereocenters. The SMILES string of the molecule is Cc1cnc(N(C)C(C)CC#N)c(Br)c1. The van der Waals surface area contributed by atoms with E-state index in [1.807, 2.05) is 38.1 Å². The molecule has 80 valence electrons. The molecule has 0 aliphatic carbocycles. The number of aromatic nitrogens is 1. The average molecular weight is 268 g/mol. The van der Waals surface area contributed by atoms with Crippen molar-refractivity contribution in [2.75, 3.05) is 11.9 Å². The van der Waals surface area contributed by atoms with Crippen molar-refractivity contribution in [2.45, 2.75) is 26.3 Å². The Kier molecular flexibility index (Phi) is 4.10. The predicted octanol–water partition coefficient (Wildman–Crippen LogP) is 2.89. The Morgan fingerprint density at radius 3 is 2.87 bits per heavy atom. The summed E-state index contributed by atoms with van der Waals surface area (Å²) in [5.74, 6) is 0.878. The molecule has 0 aromatic carbocycles. The standard InChI is InChI=1S/C11H14BrN3/c1-8-6-10(12)11(14-7-8)15(3)9(2)4-5-13/h6-7,9H,4H2,1-3H3. The lowest BCUT2D eigenvalue weighted by Crippen LogP contribution is -2.29. The first-order chi connectivity index (χ1) is 7.06. The lowest BCUT2D eigenvalue weighted by molar-refractivity contribution is 0.692. The summed E-state index contributed by atoms with van der Waals surface area (Å²) in [5.41, 5.74) is 1.12. The van der Waals surface area contributed by atoms with Gasteiger partial charge < -0.3 is 4.90 Å². The molecule has 1 unspecified atom stereocenters. The minimum Gasteiger partial charge on any atom is -0.355 e. The Morgan fingerprint density at radius 1 is 1.67 bits per heavy atom. The molecule has 0 radical (unpaired) electrons. The van der Waals surface area contributed by atoms with E-state index in [1.165, 1.54) is 0 Å². The maximum absolute atomic E-state index is 8.64. The van der Waals surface area contributed by atoms with Gasteiger partial charge in [-0.05, 0) is 41.4 Å². The molecular weight excluding hydrogens is 254 g/mol. The first kappa shape index (κ1) is 12.0. The zero-order valence-electron chi connectivity index (χ0n) is 9.16. The van der Waals surface area contributed by atoms with Gasteiger partial charge in [0.2, 0.25) is 0 Å². The van der Waals surface area contributed by atoms with E-state index in [0.717, 1.165) is 15.9 Å². The van der Waals surface area contributed by atoms with Crippen molar-refractivity contribution in [1.82, 2.24) is 4.98 Å². The van der Waals surface area contributed by atoms with Gasteiger partial charge in [-0.2, -0.15) is 5.26 Å². The van der Waals surface area contributed by atoms with E-state index in [4.69, 9.17) is 5.26 Å². The van der Waals surface area contributed by atoms with Crippen LogP contribution in [0.5, 0.6) is 0 Å². The van der Waals surface area contributed by atoms with Crippen molar-refractivity contribution in [3.8, 4) is 6.07 Å².